The highest BCUT2D eigenvalue weighted by molar-refractivity contribution is 7.89. The molecule has 1 aromatic rings. The molecule has 0 spiro atoms. The van der Waals surface area contributed by atoms with E-state index in [4.69, 9.17) is 4.74 Å². The molecule has 146 valence electrons. The van der Waals surface area contributed by atoms with Crippen LogP contribution in [0.4, 0.5) is 0 Å². The van der Waals surface area contributed by atoms with Gasteiger partial charge in [0.25, 0.3) is 0 Å². The monoisotopic (exact) mass is 381 g/mol. The molecule has 6 nitrogen and oxygen atoms in total. The van der Waals surface area contributed by atoms with Gasteiger partial charge in [-0.05, 0) is 46.1 Å². The number of benzene rings is 1. The molecular weight excluding hydrogens is 350 g/mol. The van der Waals surface area contributed by atoms with E-state index in [1.807, 2.05) is 58.0 Å². The predicted molar refractivity (Wildman–Crippen MR) is 103 cm³/mol. The van der Waals surface area contributed by atoms with Gasteiger partial charge in [0.15, 0.2) is 0 Å². The highest BCUT2D eigenvalue weighted by atomic mass is 32.2. The van der Waals surface area contributed by atoms with Crippen LogP contribution in [-0.4, -0.2) is 48.3 Å². The van der Waals surface area contributed by atoms with E-state index in [1.54, 1.807) is 4.31 Å². The van der Waals surface area contributed by atoms with Crippen LogP contribution in [0.5, 0.6) is 0 Å². The topological polar surface area (TPSA) is 70.7 Å². The summed E-state index contributed by atoms with van der Waals surface area (Å²) in [7, 11) is -3.49. The quantitative estimate of drug-likeness (QED) is 0.817. The minimum absolute atomic E-state index is 0.0519. The van der Waals surface area contributed by atoms with Gasteiger partial charge in [0.05, 0.1) is 5.60 Å². The Morgan fingerprint density at radius 3 is 2.35 bits per heavy atom. The molecule has 3 rings (SSSR count). The molecule has 2 N–H and O–H groups in total. The van der Waals surface area contributed by atoms with Crippen LogP contribution in [0.15, 0.2) is 30.3 Å². The summed E-state index contributed by atoms with van der Waals surface area (Å²) in [5.74, 6) is 0. The van der Waals surface area contributed by atoms with E-state index in [-0.39, 0.29) is 23.7 Å². The molecular formula is C19H31N3O3S. The molecule has 3 atom stereocenters. The number of nitrogens with zero attached hydrogens (tertiary/aromatic N) is 1. The summed E-state index contributed by atoms with van der Waals surface area (Å²) >= 11 is 0. The molecule has 2 saturated heterocycles. The molecule has 26 heavy (non-hydrogen) atoms. The molecule has 2 heterocycles. The first-order valence-corrected chi connectivity index (χ1v) is 10.9. The number of sulfonamides is 1. The van der Waals surface area contributed by atoms with E-state index < -0.39 is 15.3 Å². The summed E-state index contributed by atoms with van der Waals surface area (Å²) in [5, 5.41) is -0.489. The van der Waals surface area contributed by atoms with Crippen molar-refractivity contribution in [3.63, 3.8) is 0 Å². The highest BCUT2D eigenvalue weighted by Crippen LogP contribution is 2.32. The van der Waals surface area contributed by atoms with Gasteiger partial charge in [0, 0.05) is 31.3 Å². The number of ether oxygens (including phenoxy) is 1. The van der Waals surface area contributed by atoms with Gasteiger partial charge in [-0.2, -0.15) is 4.31 Å². The third kappa shape index (κ3) is 4.12. The largest absolute Gasteiger partial charge is 0.375 e. The minimum atomic E-state index is -3.49. The van der Waals surface area contributed by atoms with Crippen molar-refractivity contribution < 1.29 is 13.2 Å². The Bertz CT molecular complexity index is 698. The number of nitrogens with one attached hydrogen (secondary N) is 2. The van der Waals surface area contributed by atoms with Crippen LogP contribution in [-0.2, 0) is 21.3 Å². The SMILES string of the molecule is CC1NNC(C)C1S(=O)(=O)N(Cc1ccccc1)C1CCOC(C)(C)C1. The minimum Gasteiger partial charge on any atom is -0.375 e. The summed E-state index contributed by atoms with van der Waals surface area (Å²) in [6.07, 6.45) is 1.43. The maximum Gasteiger partial charge on any atom is 0.220 e. The van der Waals surface area contributed by atoms with Crippen LogP contribution in [0, 0.1) is 0 Å². The maximum absolute atomic E-state index is 13.7. The van der Waals surface area contributed by atoms with E-state index >= 15 is 0 Å². The lowest BCUT2D eigenvalue weighted by atomic mass is 9.94. The van der Waals surface area contributed by atoms with Gasteiger partial charge < -0.3 is 4.74 Å². The van der Waals surface area contributed by atoms with Crippen LogP contribution in [0.2, 0.25) is 0 Å². The molecule has 0 aromatic heterocycles. The van der Waals surface area contributed by atoms with Gasteiger partial charge in [0.1, 0.15) is 5.25 Å². The number of rotatable bonds is 5. The Morgan fingerprint density at radius 1 is 1.15 bits per heavy atom. The first-order chi connectivity index (χ1) is 12.2. The Balaban J connectivity index is 1.94. The second-order valence-corrected chi connectivity index (χ2v) is 10.2. The third-order valence-electron chi connectivity index (χ3n) is 5.45. The lowest BCUT2D eigenvalue weighted by Gasteiger charge is -2.42. The fourth-order valence-electron chi connectivity index (χ4n) is 4.17. The second kappa shape index (κ2) is 7.56. The third-order valence-corrected chi connectivity index (χ3v) is 8.04. The molecule has 7 heteroatoms. The standard InChI is InChI=1S/C19H31N3O3S/c1-14-18(15(2)21-20-14)26(23,24)22(13-16-8-6-5-7-9-16)17-10-11-25-19(3,4)12-17/h5-9,14-15,17-18,20-21H,10-13H2,1-4H3. The van der Waals surface area contributed by atoms with E-state index in [1.165, 1.54) is 0 Å². The average molecular weight is 382 g/mol. The van der Waals surface area contributed by atoms with Crippen molar-refractivity contribution in [2.75, 3.05) is 6.61 Å². The van der Waals surface area contributed by atoms with E-state index in [9.17, 15) is 8.42 Å². The smallest absolute Gasteiger partial charge is 0.220 e. The lowest BCUT2D eigenvalue weighted by Crippen LogP contribution is -2.53. The Kier molecular flexibility index (Phi) is 5.75. The lowest BCUT2D eigenvalue weighted by molar-refractivity contribution is -0.0736. The number of hydrogen-bond donors (Lipinski definition) is 2. The highest BCUT2D eigenvalue weighted by Gasteiger charge is 2.46. The van der Waals surface area contributed by atoms with Gasteiger partial charge in [0.2, 0.25) is 10.0 Å². The van der Waals surface area contributed by atoms with Gasteiger partial charge in [-0.15, -0.1) is 0 Å². The van der Waals surface area contributed by atoms with E-state index in [0.717, 1.165) is 12.0 Å². The predicted octanol–water partition coefficient (Wildman–Crippen LogP) is 2.03. The molecule has 0 amide bonds. The van der Waals surface area contributed by atoms with E-state index in [2.05, 4.69) is 10.9 Å². The fraction of sp³-hybridized carbons (Fsp3) is 0.684. The molecule has 1 aromatic carbocycles. The number of hydrazine groups is 1. The van der Waals surface area contributed by atoms with Crippen LogP contribution in [0.25, 0.3) is 0 Å². The van der Waals surface area contributed by atoms with Gasteiger partial charge >= 0.3 is 0 Å². The summed E-state index contributed by atoms with van der Waals surface area (Å²) in [4.78, 5) is 0. The molecule has 2 aliphatic rings. The van der Waals surface area contributed by atoms with Crippen molar-refractivity contribution in [3.8, 4) is 0 Å². The van der Waals surface area contributed by atoms with Gasteiger partial charge in [-0.25, -0.2) is 8.42 Å². The zero-order valence-corrected chi connectivity index (χ0v) is 16.9. The first kappa shape index (κ1) is 19.8. The summed E-state index contributed by atoms with van der Waals surface area (Å²) in [5.41, 5.74) is 6.87. The Labute approximate surface area is 157 Å². The number of hydrogen-bond acceptors (Lipinski definition) is 5. The molecule has 2 fully saturated rings. The van der Waals surface area contributed by atoms with Crippen molar-refractivity contribution in [1.82, 2.24) is 15.2 Å². The van der Waals surface area contributed by atoms with Crippen molar-refractivity contribution in [2.45, 2.75) is 76.1 Å². The van der Waals surface area contributed by atoms with Crippen LogP contribution in [0.1, 0.15) is 46.1 Å². The zero-order valence-electron chi connectivity index (χ0n) is 16.1. The summed E-state index contributed by atoms with van der Waals surface area (Å²) in [6, 6.07) is 9.52. The van der Waals surface area contributed by atoms with Crippen LogP contribution < -0.4 is 10.9 Å². The van der Waals surface area contributed by atoms with Crippen molar-refractivity contribution >= 4 is 10.0 Å². The molecule has 0 bridgehead atoms. The van der Waals surface area contributed by atoms with Gasteiger partial charge in [-0.3, -0.25) is 10.9 Å². The summed E-state index contributed by atoms with van der Waals surface area (Å²) in [6.45, 7) is 8.91. The van der Waals surface area contributed by atoms with E-state index in [0.29, 0.717) is 19.6 Å². The maximum atomic E-state index is 13.7. The van der Waals surface area contributed by atoms with Gasteiger partial charge in [-0.1, -0.05) is 30.3 Å². The Hall–Kier alpha value is -0.990. The molecule has 2 aliphatic heterocycles. The molecule has 0 saturated carbocycles. The van der Waals surface area contributed by atoms with Crippen LogP contribution in [0.3, 0.4) is 0 Å². The second-order valence-electron chi connectivity index (χ2n) is 8.16. The average Bonchev–Trinajstić information content (AvgIpc) is 2.92. The zero-order chi connectivity index (χ0) is 18.9. The summed E-state index contributed by atoms with van der Waals surface area (Å²) < 4.78 is 34.9. The fourth-order valence-corrected chi connectivity index (χ4v) is 6.57. The first-order valence-electron chi connectivity index (χ1n) is 9.40. The Morgan fingerprint density at radius 2 is 1.77 bits per heavy atom. The molecule has 3 unspecified atom stereocenters. The normalized spacial score (nSPS) is 32.0. The van der Waals surface area contributed by atoms with Crippen LogP contribution >= 0.6 is 0 Å². The van der Waals surface area contributed by atoms with Crippen molar-refractivity contribution in [3.05, 3.63) is 35.9 Å². The van der Waals surface area contributed by atoms with Crippen molar-refractivity contribution in [1.29, 1.82) is 0 Å². The molecule has 0 radical (unpaired) electrons. The molecule has 0 aliphatic carbocycles. The van der Waals surface area contributed by atoms with Crippen molar-refractivity contribution in [2.24, 2.45) is 0 Å².